The van der Waals surface area contributed by atoms with E-state index in [0.717, 1.165) is 79.8 Å². The minimum atomic E-state index is -0.153. The minimum absolute atomic E-state index is 0.153. The number of likely N-dealkylation sites (tertiary alicyclic amines) is 1. The van der Waals surface area contributed by atoms with E-state index in [0.29, 0.717) is 17.1 Å². The van der Waals surface area contributed by atoms with Crippen molar-refractivity contribution >= 4 is 28.4 Å². The molecule has 0 bridgehead atoms. The molecular formula is C32H35N5O2. The molecule has 39 heavy (non-hydrogen) atoms. The van der Waals surface area contributed by atoms with Gasteiger partial charge in [0.05, 0.1) is 11.0 Å². The van der Waals surface area contributed by atoms with E-state index >= 15 is 0 Å². The summed E-state index contributed by atoms with van der Waals surface area (Å²) in [6.45, 7) is 6.06. The van der Waals surface area contributed by atoms with Gasteiger partial charge in [-0.1, -0.05) is 42.0 Å². The summed E-state index contributed by atoms with van der Waals surface area (Å²) in [4.78, 5) is 27.6. The largest absolute Gasteiger partial charge is 0.472 e. The molecule has 7 nitrogen and oxygen atoms in total. The van der Waals surface area contributed by atoms with E-state index in [4.69, 9.17) is 14.7 Å². The summed E-state index contributed by atoms with van der Waals surface area (Å²) in [7, 11) is 2.15. The highest BCUT2D eigenvalue weighted by Gasteiger charge is 2.25. The van der Waals surface area contributed by atoms with Crippen molar-refractivity contribution in [2.45, 2.75) is 38.7 Å². The van der Waals surface area contributed by atoms with E-state index < -0.39 is 0 Å². The fourth-order valence-corrected chi connectivity index (χ4v) is 5.42. The number of hydrogen-bond acceptors (Lipinski definition) is 6. The van der Waals surface area contributed by atoms with Crippen LogP contribution >= 0.6 is 0 Å². The molecule has 0 unspecified atom stereocenters. The average molecular weight is 522 g/mol. The molecule has 3 aromatic carbocycles. The molecule has 2 fully saturated rings. The van der Waals surface area contributed by atoms with Crippen molar-refractivity contribution in [3.63, 3.8) is 0 Å². The fraction of sp³-hybridized carbons (Fsp3) is 0.344. The number of aromatic nitrogens is 2. The molecule has 0 atom stereocenters. The number of anilines is 2. The summed E-state index contributed by atoms with van der Waals surface area (Å²) in [5.74, 6) is 1.29. The first-order chi connectivity index (χ1) is 19.0. The number of aryl methyl sites for hydroxylation is 1. The van der Waals surface area contributed by atoms with Crippen molar-refractivity contribution in [1.29, 1.82) is 0 Å². The van der Waals surface area contributed by atoms with Crippen molar-refractivity contribution in [2.24, 2.45) is 0 Å². The van der Waals surface area contributed by atoms with Crippen LogP contribution in [0.25, 0.3) is 22.2 Å². The first-order valence-corrected chi connectivity index (χ1v) is 13.9. The van der Waals surface area contributed by atoms with E-state index in [1.807, 2.05) is 48.5 Å². The molecule has 1 amide bonds. The van der Waals surface area contributed by atoms with E-state index in [1.54, 1.807) is 0 Å². The first kappa shape index (κ1) is 25.3. The second kappa shape index (κ2) is 11.0. The van der Waals surface area contributed by atoms with Crippen LogP contribution in [-0.2, 0) is 0 Å². The molecule has 0 radical (unpaired) electrons. The number of fused-ring (bicyclic) bond motifs is 1. The highest BCUT2D eigenvalue weighted by atomic mass is 16.5. The molecule has 0 spiro atoms. The van der Waals surface area contributed by atoms with Gasteiger partial charge >= 0.3 is 0 Å². The Morgan fingerprint density at radius 3 is 2.38 bits per heavy atom. The molecule has 0 saturated carbocycles. The van der Waals surface area contributed by atoms with Gasteiger partial charge in [0.2, 0.25) is 0 Å². The number of nitrogens with zero attached hydrogens (tertiary/aromatic N) is 4. The average Bonchev–Trinajstić information content (AvgIpc) is 3.49. The van der Waals surface area contributed by atoms with Crippen LogP contribution in [0.1, 0.15) is 41.6 Å². The van der Waals surface area contributed by atoms with Crippen molar-refractivity contribution in [3.05, 3.63) is 77.9 Å². The second-order valence-corrected chi connectivity index (χ2v) is 10.8. The molecule has 0 aliphatic carbocycles. The maximum absolute atomic E-state index is 13.0. The molecule has 7 heteroatoms. The van der Waals surface area contributed by atoms with Crippen LogP contribution in [0, 0.1) is 6.92 Å². The maximum Gasteiger partial charge on any atom is 0.258 e. The topological polar surface area (TPSA) is 70.6 Å². The summed E-state index contributed by atoms with van der Waals surface area (Å²) >= 11 is 0. The number of carbonyl (C=O) groups is 1. The highest BCUT2D eigenvalue weighted by molar-refractivity contribution is 6.05. The van der Waals surface area contributed by atoms with Crippen molar-refractivity contribution in [3.8, 4) is 17.0 Å². The van der Waals surface area contributed by atoms with E-state index in [-0.39, 0.29) is 12.0 Å². The number of hydrogen-bond donors (Lipinski definition) is 1. The monoisotopic (exact) mass is 521 g/mol. The van der Waals surface area contributed by atoms with Gasteiger partial charge < -0.3 is 19.9 Å². The van der Waals surface area contributed by atoms with Crippen LogP contribution in [-0.4, -0.2) is 60.1 Å². The SMILES string of the molecule is Cc1cccc(-c2ccc(C(=O)Nc3ccc4nc(OC5CCN(C)CC5)c(N5CCCC5)nc4c3)cc2)c1. The molecule has 200 valence electrons. The Balaban J connectivity index is 1.22. The Bertz CT molecular complexity index is 1470. The predicted octanol–water partition coefficient (Wildman–Crippen LogP) is 5.93. The van der Waals surface area contributed by atoms with Gasteiger partial charge in [0.15, 0.2) is 5.82 Å². The van der Waals surface area contributed by atoms with E-state index in [1.165, 1.54) is 5.56 Å². The van der Waals surface area contributed by atoms with Gasteiger partial charge in [0, 0.05) is 37.4 Å². The number of ether oxygens (including phenoxy) is 1. The molecule has 1 N–H and O–H groups in total. The normalized spacial score (nSPS) is 16.5. The fourth-order valence-electron chi connectivity index (χ4n) is 5.42. The second-order valence-electron chi connectivity index (χ2n) is 10.8. The maximum atomic E-state index is 13.0. The quantitative estimate of drug-likeness (QED) is 0.339. The number of carbonyl (C=O) groups excluding carboxylic acids is 1. The van der Waals surface area contributed by atoms with Gasteiger partial charge in [0.1, 0.15) is 6.10 Å². The molecule has 1 aromatic heterocycles. The Hall–Kier alpha value is -3.97. The molecular weight excluding hydrogens is 486 g/mol. The molecule has 2 saturated heterocycles. The Kier molecular flexibility index (Phi) is 7.16. The zero-order valence-corrected chi connectivity index (χ0v) is 22.7. The zero-order chi connectivity index (χ0) is 26.8. The Morgan fingerprint density at radius 2 is 1.64 bits per heavy atom. The minimum Gasteiger partial charge on any atom is -0.472 e. The summed E-state index contributed by atoms with van der Waals surface area (Å²) in [6.07, 6.45) is 4.43. The van der Waals surface area contributed by atoms with Gasteiger partial charge in [-0.05, 0) is 81.1 Å². The number of benzene rings is 3. The van der Waals surface area contributed by atoms with Crippen LogP contribution in [0.15, 0.2) is 66.7 Å². The third kappa shape index (κ3) is 5.73. The standard InChI is InChI=1S/C32H35N5O2/c1-22-6-5-7-25(20-22)23-8-10-24(11-9-23)31(38)33-26-12-13-28-29(21-26)34-30(37-16-3-4-17-37)32(35-28)39-27-14-18-36(2)19-15-27/h5-13,20-21,27H,3-4,14-19H2,1-2H3,(H,33,38). The lowest BCUT2D eigenvalue weighted by atomic mass is 10.0. The van der Waals surface area contributed by atoms with Crippen LogP contribution in [0.5, 0.6) is 5.88 Å². The summed E-state index contributed by atoms with van der Waals surface area (Å²) in [6, 6.07) is 21.8. The van der Waals surface area contributed by atoms with Crippen LogP contribution in [0.2, 0.25) is 0 Å². The van der Waals surface area contributed by atoms with Gasteiger partial charge in [-0.2, -0.15) is 0 Å². The summed E-state index contributed by atoms with van der Waals surface area (Å²) in [5, 5.41) is 3.04. The Morgan fingerprint density at radius 1 is 0.872 bits per heavy atom. The highest BCUT2D eigenvalue weighted by Crippen LogP contribution is 2.32. The lowest BCUT2D eigenvalue weighted by Crippen LogP contribution is -2.36. The van der Waals surface area contributed by atoms with E-state index in [2.05, 4.69) is 47.3 Å². The third-order valence-electron chi connectivity index (χ3n) is 7.72. The lowest BCUT2D eigenvalue weighted by Gasteiger charge is -2.30. The van der Waals surface area contributed by atoms with Crippen molar-refractivity contribution in [2.75, 3.05) is 43.4 Å². The molecule has 2 aliphatic heterocycles. The van der Waals surface area contributed by atoms with Crippen LogP contribution in [0.4, 0.5) is 11.5 Å². The number of piperidine rings is 1. The van der Waals surface area contributed by atoms with Crippen molar-refractivity contribution in [1.82, 2.24) is 14.9 Å². The van der Waals surface area contributed by atoms with E-state index in [9.17, 15) is 4.79 Å². The summed E-state index contributed by atoms with van der Waals surface area (Å²) < 4.78 is 6.44. The molecule has 6 rings (SSSR count). The summed E-state index contributed by atoms with van der Waals surface area (Å²) in [5.41, 5.74) is 6.26. The van der Waals surface area contributed by atoms with Crippen molar-refractivity contribution < 1.29 is 9.53 Å². The van der Waals surface area contributed by atoms with Gasteiger partial charge in [-0.15, -0.1) is 0 Å². The lowest BCUT2D eigenvalue weighted by molar-refractivity contribution is 0.102. The number of amides is 1. The molecule has 2 aliphatic rings. The predicted molar refractivity (Wildman–Crippen MR) is 157 cm³/mol. The van der Waals surface area contributed by atoms with Crippen LogP contribution < -0.4 is 15.0 Å². The van der Waals surface area contributed by atoms with Gasteiger partial charge in [-0.3, -0.25) is 4.79 Å². The smallest absolute Gasteiger partial charge is 0.258 e. The zero-order valence-electron chi connectivity index (χ0n) is 22.7. The third-order valence-corrected chi connectivity index (χ3v) is 7.72. The first-order valence-electron chi connectivity index (χ1n) is 13.9. The number of nitrogens with one attached hydrogen (secondary N) is 1. The molecule has 3 heterocycles. The molecule has 4 aromatic rings. The Labute approximate surface area is 229 Å². The van der Waals surface area contributed by atoms with Gasteiger partial charge in [-0.25, -0.2) is 9.97 Å². The van der Waals surface area contributed by atoms with Crippen LogP contribution in [0.3, 0.4) is 0 Å². The number of rotatable bonds is 6. The van der Waals surface area contributed by atoms with Gasteiger partial charge in [0.25, 0.3) is 11.8 Å².